The van der Waals surface area contributed by atoms with Gasteiger partial charge in [-0.3, -0.25) is 4.98 Å². The van der Waals surface area contributed by atoms with Gasteiger partial charge in [0.25, 0.3) is 0 Å². The fraction of sp³-hybridized carbons (Fsp3) is 0. The average Bonchev–Trinajstić information content (AvgIpc) is 2.77. The van der Waals surface area contributed by atoms with Gasteiger partial charge in [0.05, 0.1) is 5.52 Å². The van der Waals surface area contributed by atoms with Gasteiger partial charge in [-0.15, -0.1) is 0 Å². The zero-order valence-corrected chi connectivity index (χ0v) is 9.07. The number of nitrogens with zero attached hydrogens (tertiary/aromatic N) is 1. The zero-order chi connectivity index (χ0) is 11.2. The molecular weight excluding hydrogens is 208 g/mol. The van der Waals surface area contributed by atoms with E-state index in [4.69, 9.17) is 0 Å². The first kappa shape index (κ1) is 8.76. The second-order valence-corrected chi connectivity index (χ2v) is 4.14. The number of benzene rings is 2. The van der Waals surface area contributed by atoms with E-state index >= 15 is 0 Å². The van der Waals surface area contributed by atoms with Crippen LogP contribution in [-0.2, 0) is 0 Å². The predicted molar refractivity (Wildman–Crippen MR) is 69.9 cm³/mol. The molecule has 1 N–H and O–H groups in total. The van der Waals surface area contributed by atoms with Crippen LogP contribution in [0.3, 0.4) is 0 Å². The van der Waals surface area contributed by atoms with Crippen molar-refractivity contribution in [2.75, 3.05) is 0 Å². The van der Waals surface area contributed by atoms with E-state index in [9.17, 15) is 0 Å². The third-order valence-electron chi connectivity index (χ3n) is 3.16. The molecule has 0 bridgehead atoms. The van der Waals surface area contributed by atoms with Crippen LogP contribution in [0.1, 0.15) is 0 Å². The van der Waals surface area contributed by atoms with Crippen molar-refractivity contribution in [1.82, 2.24) is 9.97 Å². The van der Waals surface area contributed by atoms with Crippen molar-refractivity contribution in [3.05, 3.63) is 54.7 Å². The lowest BCUT2D eigenvalue weighted by Crippen LogP contribution is -1.78. The fourth-order valence-corrected chi connectivity index (χ4v) is 2.42. The average molecular weight is 217 g/mol. The van der Waals surface area contributed by atoms with Crippen LogP contribution in [0, 0.1) is 6.07 Å². The lowest BCUT2D eigenvalue weighted by atomic mass is 10.1. The Hall–Kier alpha value is -2.35. The first-order chi connectivity index (χ1) is 8.43. The van der Waals surface area contributed by atoms with E-state index in [0.29, 0.717) is 0 Å². The van der Waals surface area contributed by atoms with Crippen molar-refractivity contribution in [2.24, 2.45) is 0 Å². The molecule has 2 heteroatoms. The highest BCUT2D eigenvalue weighted by Gasteiger charge is 2.07. The summed E-state index contributed by atoms with van der Waals surface area (Å²) < 4.78 is 0. The second-order valence-electron chi connectivity index (χ2n) is 4.14. The molecule has 0 aliphatic rings. The molecule has 4 aromatic rings. The van der Waals surface area contributed by atoms with Gasteiger partial charge in [0.1, 0.15) is 0 Å². The molecule has 2 heterocycles. The van der Waals surface area contributed by atoms with Crippen molar-refractivity contribution in [3.63, 3.8) is 0 Å². The SMILES string of the molecule is [c]1ccnc2ccc3[nH]c4ccccc4c3c12. The van der Waals surface area contributed by atoms with Gasteiger partial charge in [-0.1, -0.05) is 18.2 Å². The molecule has 17 heavy (non-hydrogen) atoms. The van der Waals surface area contributed by atoms with Crippen LogP contribution in [0.15, 0.2) is 48.7 Å². The summed E-state index contributed by atoms with van der Waals surface area (Å²) in [5.74, 6) is 0. The molecule has 0 aliphatic carbocycles. The van der Waals surface area contributed by atoms with Crippen LogP contribution in [0.5, 0.6) is 0 Å². The van der Waals surface area contributed by atoms with Crippen LogP contribution in [0.25, 0.3) is 32.7 Å². The Bertz CT molecular complexity index is 837. The van der Waals surface area contributed by atoms with Gasteiger partial charge in [-0.25, -0.2) is 0 Å². The molecule has 2 nitrogen and oxygen atoms in total. The lowest BCUT2D eigenvalue weighted by molar-refractivity contribution is 1.41. The molecule has 1 radical (unpaired) electrons. The molecule has 2 aromatic carbocycles. The highest BCUT2D eigenvalue weighted by Crippen LogP contribution is 2.30. The molecule has 0 fully saturated rings. The summed E-state index contributed by atoms with van der Waals surface area (Å²) in [4.78, 5) is 7.79. The largest absolute Gasteiger partial charge is 0.354 e. The van der Waals surface area contributed by atoms with Gasteiger partial charge in [-0.2, -0.15) is 0 Å². The number of pyridine rings is 1. The number of aromatic amines is 1. The van der Waals surface area contributed by atoms with Gasteiger partial charge >= 0.3 is 0 Å². The van der Waals surface area contributed by atoms with Crippen molar-refractivity contribution in [1.29, 1.82) is 0 Å². The molecule has 2 aromatic heterocycles. The molecule has 0 aliphatic heterocycles. The van der Waals surface area contributed by atoms with Gasteiger partial charge in [0.2, 0.25) is 0 Å². The van der Waals surface area contributed by atoms with E-state index in [2.05, 4.69) is 40.3 Å². The van der Waals surface area contributed by atoms with Crippen LogP contribution in [0.4, 0.5) is 0 Å². The van der Waals surface area contributed by atoms with Gasteiger partial charge in [0.15, 0.2) is 0 Å². The third kappa shape index (κ3) is 1.12. The van der Waals surface area contributed by atoms with Gasteiger partial charge < -0.3 is 4.98 Å². The molecule has 4 rings (SSSR count). The minimum atomic E-state index is 0.991. The molecular formula is C15H9N2. The van der Waals surface area contributed by atoms with Crippen molar-refractivity contribution in [2.45, 2.75) is 0 Å². The van der Waals surface area contributed by atoms with Crippen LogP contribution < -0.4 is 0 Å². The molecule has 0 saturated heterocycles. The molecule has 0 saturated carbocycles. The molecule has 0 atom stereocenters. The maximum Gasteiger partial charge on any atom is 0.0716 e. The fourth-order valence-electron chi connectivity index (χ4n) is 2.42. The molecule has 0 spiro atoms. The normalized spacial score (nSPS) is 11.5. The Balaban J connectivity index is 2.38. The van der Waals surface area contributed by atoms with E-state index in [1.165, 1.54) is 10.8 Å². The Labute approximate surface area is 97.9 Å². The van der Waals surface area contributed by atoms with Gasteiger partial charge in [-0.05, 0) is 30.3 Å². The van der Waals surface area contributed by atoms with Crippen LogP contribution in [0.2, 0.25) is 0 Å². The van der Waals surface area contributed by atoms with E-state index < -0.39 is 0 Å². The summed E-state index contributed by atoms with van der Waals surface area (Å²) >= 11 is 0. The number of para-hydroxylation sites is 1. The number of aromatic nitrogens is 2. The smallest absolute Gasteiger partial charge is 0.0716 e. The number of fused-ring (bicyclic) bond motifs is 5. The lowest BCUT2D eigenvalue weighted by Gasteiger charge is -1.98. The number of rotatable bonds is 0. The topological polar surface area (TPSA) is 28.7 Å². The summed E-state index contributed by atoms with van der Waals surface area (Å²) in [5.41, 5.74) is 3.29. The minimum absolute atomic E-state index is 0.991. The molecule has 0 amide bonds. The van der Waals surface area contributed by atoms with E-state index in [0.717, 1.165) is 21.9 Å². The van der Waals surface area contributed by atoms with Crippen LogP contribution in [-0.4, -0.2) is 9.97 Å². The number of hydrogen-bond donors (Lipinski definition) is 1. The third-order valence-corrected chi connectivity index (χ3v) is 3.16. The quantitative estimate of drug-likeness (QED) is 0.478. The first-order valence-electron chi connectivity index (χ1n) is 5.59. The highest BCUT2D eigenvalue weighted by atomic mass is 14.7. The zero-order valence-electron chi connectivity index (χ0n) is 9.07. The maximum atomic E-state index is 4.37. The summed E-state index contributed by atoms with van der Waals surface area (Å²) in [6.07, 6.45) is 1.78. The number of hydrogen-bond acceptors (Lipinski definition) is 1. The van der Waals surface area contributed by atoms with Gasteiger partial charge in [0, 0.05) is 33.4 Å². The Kier molecular flexibility index (Phi) is 1.59. The van der Waals surface area contributed by atoms with E-state index in [-0.39, 0.29) is 0 Å². The van der Waals surface area contributed by atoms with E-state index in [1.54, 1.807) is 6.20 Å². The Morgan fingerprint density at radius 2 is 1.94 bits per heavy atom. The highest BCUT2D eigenvalue weighted by molar-refractivity contribution is 6.19. The summed E-state index contributed by atoms with van der Waals surface area (Å²) in [5, 5.41) is 3.53. The molecule has 0 unspecified atom stereocenters. The standard InChI is InChI=1S/C15H9N2/c1-2-6-13-11(4-1)15-10-5-3-9-16-12(10)7-8-14(15)17-13/h1-4,6-9,17H. The summed E-state index contributed by atoms with van der Waals surface area (Å²) in [7, 11) is 0. The first-order valence-corrected chi connectivity index (χ1v) is 5.59. The van der Waals surface area contributed by atoms with Crippen molar-refractivity contribution < 1.29 is 0 Å². The summed E-state index contributed by atoms with van der Waals surface area (Å²) in [6.45, 7) is 0. The second kappa shape index (κ2) is 3.08. The maximum absolute atomic E-state index is 4.37. The Morgan fingerprint density at radius 3 is 2.94 bits per heavy atom. The molecule has 79 valence electrons. The van der Waals surface area contributed by atoms with Crippen molar-refractivity contribution in [3.8, 4) is 0 Å². The predicted octanol–water partition coefficient (Wildman–Crippen LogP) is 3.67. The van der Waals surface area contributed by atoms with E-state index in [1.807, 2.05) is 18.2 Å². The minimum Gasteiger partial charge on any atom is -0.354 e. The van der Waals surface area contributed by atoms with Crippen LogP contribution >= 0.6 is 0 Å². The van der Waals surface area contributed by atoms with Crippen molar-refractivity contribution >= 4 is 32.7 Å². The Morgan fingerprint density at radius 1 is 1.00 bits per heavy atom. The number of H-pyrrole nitrogens is 1. The summed E-state index contributed by atoms with van der Waals surface area (Å²) in [6, 6.07) is 17.6. The number of nitrogens with one attached hydrogen (secondary N) is 1. The monoisotopic (exact) mass is 217 g/mol.